The average molecular weight is 574 g/mol. The van der Waals surface area contributed by atoms with Gasteiger partial charge in [0, 0.05) is 17.6 Å². The minimum atomic E-state index is -1.14. The SMILES string of the molecule is Cc1cccc(C)c1NC(=O)C(c1cccc(O)c1)N(C(=O)C(Cc1ccccc1)NC(=O)OC(C)(C)C)C(C)(C)C. The van der Waals surface area contributed by atoms with Crippen LogP contribution in [0.5, 0.6) is 5.75 Å². The molecule has 3 aromatic rings. The molecule has 0 heterocycles. The Balaban J connectivity index is 2.13. The van der Waals surface area contributed by atoms with Gasteiger partial charge >= 0.3 is 6.09 Å². The number of aryl methyl sites for hydroxylation is 2. The predicted molar refractivity (Wildman–Crippen MR) is 165 cm³/mol. The fraction of sp³-hybridized carbons (Fsp3) is 0.382. The number of benzene rings is 3. The number of nitrogens with one attached hydrogen (secondary N) is 2. The van der Waals surface area contributed by atoms with Crippen molar-refractivity contribution in [1.29, 1.82) is 0 Å². The first-order valence-electron chi connectivity index (χ1n) is 14.1. The molecular weight excluding hydrogens is 530 g/mol. The summed E-state index contributed by atoms with van der Waals surface area (Å²) in [4.78, 5) is 43.2. The van der Waals surface area contributed by atoms with Gasteiger partial charge in [0.2, 0.25) is 5.91 Å². The molecule has 0 radical (unpaired) electrons. The Morgan fingerprint density at radius 3 is 2.00 bits per heavy atom. The number of para-hydroxylation sites is 1. The van der Waals surface area contributed by atoms with E-state index in [4.69, 9.17) is 4.74 Å². The van der Waals surface area contributed by atoms with Crippen molar-refractivity contribution >= 4 is 23.6 Å². The lowest BCUT2D eigenvalue weighted by atomic mass is 9.93. The third-order valence-corrected chi connectivity index (χ3v) is 6.65. The number of ether oxygens (including phenoxy) is 1. The summed E-state index contributed by atoms with van der Waals surface area (Å²) in [5, 5.41) is 16.2. The summed E-state index contributed by atoms with van der Waals surface area (Å²) >= 11 is 0. The lowest BCUT2D eigenvalue weighted by Crippen LogP contribution is -2.58. The summed E-state index contributed by atoms with van der Waals surface area (Å²) in [6.07, 6.45) is -0.559. The van der Waals surface area contributed by atoms with E-state index in [-0.39, 0.29) is 12.2 Å². The topological polar surface area (TPSA) is 108 Å². The third-order valence-electron chi connectivity index (χ3n) is 6.65. The number of phenols is 1. The lowest BCUT2D eigenvalue weighted by molar-refractivity contribution is -0.146. The number of anilines is 1. The Bertz CT molecular complexity index is 1390. The molecule has 8 nitrogen and oxygen atoms in total. The summed E-state index contributed by atoms with van der Waals surface area (Å²) < 4.78 is 5.50. The largest absolute Gasteiger partial charge is 0.508 e. The van der Waals surface area contributed by atoms with Crippen LogP contribution in [-0.4, -0.2) is 45.1 Å². The fourth-order valence-electron chi connectivity index (χ4n) is 4.83. The second kappa shape index (κ2) is 13.1. The molecule has 0 spiro atoms. The van der Waals surface area contributed by atoms with E-state index in [9.17, 15) is 19.5 Å². The molecule has 3 amide bonds. The number of carbonyl (C=O) groups excluding carboxylic acids is 3. The molecule has 0 saturated heterocycles. The summed E-state index contributed by atoms with van der Waals surface area (Å²) in [6.45, 7) is 14.5. The second-order valence-electron chi connectivity index (χ2n) is 12.5. The van der Waals surface area contributed by atoms with Gasteiger partial charge in [0.1, 0.15) is 23.4 Å². The summed E-state index contributed by atoms with van der Waals surface area (Å²) in [7, 11) is 0. The molecule has 3 N–H and O–H groups in total. The van der Waals surface area contributed by atoms with Crippen molar-refractivity contribution in [3.05, 3.63) is 95.1 Å². The van der Waals surface area contributed by atoms with Crippen molar-refractivity contribution in [3.8, 4) is 5.75 Å². The van der Waals surface area contributed by atoms with Gasteiger partial charge in [0.05, 0.1) is 0 Å². The number of aromatic hydroxyl groups is 1. The number of nitrogens with zero attached hydrogens (tertiary/aromatic N) is 1. The summed E-state index contributed by atoms with van der Waals surface area (Å²) in [6, 6.07) is 19.2. The van der Waals surface area contributed by atoms with E-state index in [0.29, 0.717) is 11.3 Å². The zero-order valence-corrected chi connectivity index (χ0v) is 25.8. The van der Waals surface area contributed by atoms with Gasteiger partial charge in [-0.3, -0.25) is 9.59 Å². The molecule has 2 unspecified atom stereocenters. The van der Waals surface area contributed by atoms with Crippen LogP contribution in [0.1, 0.15) is 69.8 Å². The lowest BCUT2D eigenvalue weighted by Gasteiger charge is -2.43. The molecule has 8 heteroatoms. The van der Waals surface area contributed by atoms with Gasteiger partial charge in [-0.05, 0) is 89.8 Å². The normalized spacial score (nSPS) is 13.0. The van der Waals surface area contributed by atoms with Gasteiger partial charge < -0.3 is 25.4 Å². The zero-order valence-electron chi connectivity index (χ0n) is 25.8. The quantitative estimate of drug-likeness (QED) is 0.287. The maximum atomic E-state index is 14.6. The van der Waals surface area contributed by atoms with E-state index in [1.807, 2.05) is 83.1 Å². The number of phenolic OH excluding ortho intramolecular Hbond substituents is 1. The van der Waals surface area contributed by atoms with Crippen LogP contribution in [0.4, 0.5) is 10.5 Å². The zero-order chi connectivity index (χ0) is 31.2. The first-order chi connectivity index (χ1) is 19.6. The highest BCUT2D eigenvalue weighted by Gasteiger charge is 2.42. The number of alkyl carbamates (subject to hydrolysis) is 1. The van der Waals surface area contributed by atoms with Crippen LogP contribution in [-0.2, 0) is 20.7 Å². The van der Waals surface area contributed by atoms with Crippen LogP contribution in [0.3, 0.4) is 0 Å². The maximum Gasteiger partial charge on any atom is 0.408 e. The summed E-state index contributed by atoms with van der Waals surface area (Å²) in [5.41, 5.74) is 2.01. The third kappa shape index (κ3) is 8.59. The number of rotatable bonds is 8. The molecule has 3 aromatic carbocycles. The fourth-order valence-corrected chi connectivity index (χ4v) is 4.83. The molecule has 0 fully saturated rings. The smallest absolute Gasteiger partial charge is 0.408 e. The Hall–Kier alpha value is -4.33. The molecule has 0 aliphatic rings. The first kappa shape index (κ1) is 32.2. The van der Waals surface area contributed by atoms with Crippen molar-refractivity contribution in [2.45, 2.75) is 85.0 Å². The maximum absolute atomic E-state index is 14.6. The Labute approximate surface area is 249 Å². The first-order valence-corrected chi connectivity index (χ1v) is 14.1. The number of carbonyl (C=O) groups is 3. The van der Waals surface area contributed by atoms with Crippen LogP contribution >= 0.6 is 0 Å². The van der Waals surface area contributed by atoms with Crippen molar-refractivity contribution in [3.63, 3.8) is 0 Å². The van der Waals surface area contributed by atoms with Crippen molar-refractivity contribution in [1.82, 2.24) is 10.2 Å². The second-order valence-corrected chi connectivity index (χ2v) is 12.5. The monoisotopic (exact) mass is 573 g/mol. The number of amides is 3. The van der Waals surface area contributed by atoms with Crippen molar-refractivity contribution < 1.29 is 24.2 Å². The average Bonchev–Trinajstić information content (AvgIpc) is 2.87. The van der Waals surface area contributed by atoms with Crippen LogP contribution in [0.15, 0.2) is 72.8 Å². The number of hydrogen-bond acceptors (Lipinski definition) is 5. The molecule has 2 atom stereocenters. The Morgan fingerprint density at radius 1 is 0.857 bits per heavy atom. The highest BCUT2D eigenvalue weighted by molar-refractivity contribution is 6.00. The van der Waals surface area contributed by atoms with Crippen molar-refractivity contribution in [2.75, 3.05) is 5.32 Å². The van der Waals surface area contributed by atoms with Gasteiger partial charge in [0.25, 0.3) is 5.91 Å². The standard InChI is InChI=1S/C34H43N3O5/c1-22-14-12-15-23(2)28(22)36-30(39)29(25-18-13-19-26(38)21-25)37(33(3,4)5)31(40)27(20-24-16-10-9-11-17-24)35-32(41)42-34(6,7)8/h9-19,21,27,29,38H,20H2,1-8H3,(H,35,41)(H,36,39). The van der Waals surface area contributed by atoms with E-state index in [0.717, 1.165) is 16.7 Å². The molecule has 0 saturated carbocycles. The van der Waals surface area contributed by atoms with Crippen LogP contribution < -0.4 is 10.6 Å². The Kier molecular flexibility index (Phi) is 10.0. The van der Waals surface area contributed by atoms with Gasteiger partial charge in [-0.15, -0.1) is 0 Å². The highest BCUT2D eigenvalue weighted by Crippen LogP contribution is 2.33. The van der Waals surface area contributed by atoms with Gasteiger partial charge in [-0.25, -0.2) is 4.79 Å². The number of hydrogen-bond donors (Lipinski definition) is 3. The highest BCUT2D eigenvalue weighted by atomic mass is 16.6. The van der Waals surface area contributed by atoms with E-state index < -0.39 is 41.1 Å². The molecular formula is C34H43N3O5. The van der Waals surface area contributed by atoms with E-state index in [2.05, 4.69) is 10.6 Å². The van der Waals surface area contributed by atoms with Crippen molar-refractivity contribution in [2.24, 2.45) is 0 Å². The minimum absolute atomic E-state index is 0.0357. The van der Waals surface area contributed by atoms with E-state index >= 15 is 0 Å². The summed E-state index contributed by atoms with van der Waals surface area (Å²) in [5.74, 6) is -0.953. The Morgan fingerprint density at radius 2 is 1.45 bits per heavy atom. The molecule has 0 aliphatic carbocycles. The van der Waals surface area contributed by atoms with E-state index in [1.54, 1.807) is 32.9 Å². The predicted octanol–water partition coefficient (Wildman–Crippen LogP) is 6.45. The molecule has 0 bridgehead atoms. The molecule has 42 heavy (non-hydrogen) atoms. The van der Waals surface area contributed by atoms with Crippen LogP contribution in [0, 0.1) is 13.8 Å². The van der Waals surface area contributed by atoms with Gasteiger partial charge in [-0.2, -0.15) is 0 Å². The van der Waals surface area contributed by atoms with Gasteiger partial charge in [0.15, 0.2) is 0 Å². The minimum Gasteiger partial charge on any atom is -0.508 e. The molecule has 3 rings (SSSR count). The molecule has 0 aliphatic heterocycles. The molecule has 224 valence electrons. The van der Waals surface area contributed by atoms with Crippen LogP contribution in [0.25, 0.3) is 0 Å². The van der Waals surface area contributed by atoms with E-state index in [1.165, 1.54) is 17.0 Å². The molecule has 0 aromatic heterocycles. The van der Waals surface area contributed by atoms with Gasteiger partial charge in [-0.1, -0.05) is 60.7 Å². The van der Waals surface area contributed by atoms with Crippen LogP contribution in [0.2, 0.25) is 0 Å².